The second-order valence-corrected chi connectivity index (χ2v) is 8.75. The molecule has 0 amide bonds. The second kappa shape index (κ2) is 8.65. The molecule has 7 heteroatoms. The first kappa shape index (κ1) is 21.3. The molecular weight excluding hydrogens is 432 g/mol. The lowest BCUT2D eigenvalue weighted by Gasteiger charge is -2.15. The van der Waals surface area contributed by atoms with Crippen molar-refractivity contribution in [2.75, 3.05) is 0 Å². The third-order valence-corrected chi connectivity index (χ3v) is 6.53. The van der Waals surface area contributed by atoms with E-state index in [-0.39, 0.29) is 12.2 Å². The van der Waals surface area contributed by atoms with Crippen molar-refractivity contribution in [2.24, 2.45) is 0 Å². The average molecular weight is 453 g/mol. The molecular formula is C24H21ClN2O3S. The summed E-state index contributed by atoms with van der Waals surface area (Å²) in [5.74, 6) is -0.522. The van der Waals surface area contributed by atoms with Gasteiger partial charge in [0.1, 0.15) is 17.5 Å². The molecule has 0 aliphatic rings. The van der Waals surface area contributed by atoms with E-state index in [2.05, 4.69) is 11.1 Å². The van der Waals surface area contributed by atoms with Crippen LogP contribution in [0.1, 0.15) is 29.7 Å². The molecule has 158 valence electrons. The van der Waals surface area contributed by atoms with Gasteiger partial charge in [0.15, 0.2) is 0 Å². The van der Waals surface area contributed by atoms with Crippen LogP contribution in [-0.2, 0) is 16.1 Å². The van der Waals surface area contributed by atoms with Crippen molar-refractivity contribution in [3.05, 3.63) is 86.2 Å². The number of carbonyl (C=O) groups is 1. The summed E-state index contributed by atoms with van der Waals surface area (Å²) in [5, 5.41) is 2.99. The maximum atomic E-state index is 13.3. The van der Waals surface area contributed by atoms with Crippen molar-refractivity contribution in [1.82, 2.24) is 9.55 Å². The third kappa shape index (κ3) is 4.13. The maximum Gasteiger partial charge on any atom is 0.329 e. The van der Waals surface area contributed by atoms with Gasteiger partial charge in [-0.2, -0.15) is 0 Å². The molecule has 0 saturated heterocycles. The van der Waals surface area contributed by atoms with Gasteiger partial charge in [-0.15, -0.1) is 11.3 Å². The lowest BCUT2D eigenvalue weighted by molar-refractivity contribution is -0.148. The van der Waals surface area contributed by atoms with Crippen molar-refractivity contribution in [3.63, 3.8) is 0 Å². The van der Waals surface area contributed by atoms with E-state index >= 15 is 0 Å². The predicted molar refractivity (Wildman–Crippen MR) is 125 cm³/mol. The molecule has 0 bridgehead atoms. The van der Waals surface area contributed by atoms with Gasteiger partial charge < -0.3 is 4.74 Å². The van der Waals surface area contributed by atoms with Crippen molar-refractivity contribution in [2.45, 2.75) is 33.4 Å². The van der Waals surface area contributed by atoms with Crippen LogP contribution in [0.2, 0.25) is 5.02 Å². The molecule has 2 heterocycles. The van der Waals surface area contributed by atoms with Crippen LogP contribution in [0.5, 0.6) is 0 Å². The Morgan fingerprint density at radius 2 is 1.97 bits per heavy atom. The van der Waals surface area contributed by atoms with E-state index in [1.807, 2.05) is 43.5 Å². The van der Waals surface area contributed by atoms with Crippen molar-refractivity contribution in [3.8, 4) is 11.1 Å². The monoisotopic (exact) mass is 452 g/mol. The summed E-state index contributed by atoms with van der Waals surface area (Å²) in [7, 11) is 0. The number of ether oxygens (including phenoxy) is 1. The van der Waals surface area contributed by atoms with E-state index in [0.717, 1.165) is 22.3 Å². The highest BCUT2D eigenvalue weighted by Gasteiger charge is 2.22. The maximum absolute atomic E-state index is 13.3. The lowest BCUT2D eigenvalue weighted by Crippen LogP contribution is -2.29. The first-order valence-electron chi connectivity index (χ1n) is 9.83. The first-order chi connectivity index (χ1) is 14.9. The number of carbonyl (C=O) groups excluding carboxylic acids is 1. The van der Waals surface area contributed by atoms with E-state index in [4.69, 9.17) is 16.3 Å². The van der Waals surface area contributed by atoms with Crippen LogP contribution in [-0.4, -0.2) is 15.5 Å². The summed E-state index contributed by atoms with van der Waals surface area (Å²) in [5.41, 5.74) is 4.51. The fraction of sp³-hybridized carbons (Fsp3) is 0.208. The molecule has 0 radical (unpaired) electrons. The molecule has 1 atom stereocenters. The second-order valence-electron chi connectivity index (χ2n) is 7.48. The summed E-state index contributed by atoms with van der Waals surface area (Å²) in [6.45, 7) is 5.73. The van der Waals surface area contributed by atoms with Gasteiger partial charge in [0.25, 0.3) is 5.56 Å². The van der Waals surface area contributed by atoms with E-state index in [1.54, 1.807) is 19.1 Å². The summed E-state index contributed by atoms with van der Waals surface area (Å²) < 4.78 is 6.74. The quantitative estimate of drug-likeness (QED) is 0.364. The molecule has 0 saturated carbocycles. The summed E-state index contributed by atoms with van der Waals surface area (Å²) >= 11 is 7.54. The number of aromatic nitrogens is 2. The molecule has 0 fully saturated rings. The third-order valence-electron chi connectivity index (χ3n) is 5.28. The zero-order valence-corrected chi connectivity index (χ0v) is 19.0. The first-order valence-corrected chi connectivity index (χ1v) is 11.1. The standard InChI is InChI=1S/C24H21ClN2O3S/c1-14-8-9-18(15(2)10-14)19-12-31-22-21(19)23(28)27(13-26-22)16(3)24(29)30-11-17-6-4-5-7-20(17)25/h4-10,12-13,16H,11H2,1-3H3. The Labute approximate surface area is 188 Å². The average Bonchev–Trinajstić information content (AvgIpc) is 3.17. The Morgan fingerprint density at radius 3 is 2.71 bits per heavy atom. The highest BCUT2D eigenvalue weighted by Crippen LogP contribution is 2.33. The number of rotatable bonds is 5. The smallest absolute Gasteiger partial charge is 0.329 e. The molecule has 2 aromatic heterocycles. The van der Waals surface area contributed by atoms with Gasteiger partial charge in [-0.3, -0.25) is 9.36 Å². The van der Waals surface area contributed by atoms with Crippen LogP contribution in [0, 0.1) is 13.8 Å². The minimum absolute atomic E-state index is 0.0412. The molecule has 0 spiro atoms. The number of benzene rings is 2. The molecule has 0 aliphatic heterocycles. The zero-order valence-electron chi connectivity index (χ0n) is 17.4. The Balaban J connectivity index is 1.66. The van der Waals surface area contributed by atoms with E-state index in [9.17, 15) is 9.59 Å². The van der Waals surface area contributed by atoms with Gasteiger partial charge in [0.2, 0.25) is 0 Å². The Morgan fingerprint density at radius 1 is 1.19 bits per heavy atom. The van der Waals surface area contributed by atoms with E-state index < -0.39 is 12.0 Å². The molecule has 2 aromatic carbocycles. The molecule has 0 N–H and O–H groups in total. The fourth-order valence-corrected chi connectivity index (χ4v) is 4.62. The number of fused-ring (bicyclic) bond motifs is 1. The fourth-order valence-electron chi connectivity index (χ4n) is 3.53. The minimum Gasteiger partial charge on any atom is -0.459 e. The van der Waals surface area contributed by atoms with Crippen LogP contribution in [0.3, 0.4) is 0 Å². The van der Waals surface area contributed by atoms with Gasteiger partial charge in [-0.1, -0.05) is 53.6 Å². The van der Waals surface area contributed by atoms with Gasteiger partial charge in [-0.05, 0) is 38.0 Å². The summed E-state index contributed by atoms with van der Waals surface area (Å²) in [6.07, 6.45) is 1.41. The highest BCUT2D eigenvalue weighted by molar-refractivity contribution is 7.17. The van der Waals surface area contributed by atoms with Crippen molar-refractivity contribution >= 4 is 39.1 Å². The number of hydrogen-bond donors (Lipinski definition) is 0. The number of nitrogens with zero attached hydrogens (tertiary/aromatic N) is 2. The number of hydrogen-bond acceptors (Lipinski definition) is 5. The Hall–Kier alpha value is -2.96. The van der Waals surface area contributed by atoms with Gasteiger partial charge >= 0.3 is 5.97 Å². The van der Waals surface area contributed by atoms with E-state index in [1.165, 1.54) is 22.2 Å². The predicted octanol–water partition coefficient (Wildman–Crippen LogP) is 5.70. The van der Waals surface area contributed by atoms with Crippen LogP contribution in [0.4, 0.5) is 0 Å². The number of halogens is 1. The largest absolute Gasteiger partial charge is 0.459 e. The highest BCUT2D eigenvalue weighted by atomic mass is 35.5. The van der Waals surface area contributed by atoms with Crippen LogP contribution < -0.4 is 5.56 Å². The molecule has 31 heavy (non-hydrogen) atoms. The Bertz CT molecular complexity index is 1340. The van der Waals surface area contributed by atoms with Crippen molar-refractivity contribution < 1.29 is 9.53 Å². The molecule has 1 unspecified atom stereocenters. The number of thiophene rings is 1. The summed E-state index contributed by atoms with van der Waals surface area (Å²) in [6, 6.07) is 12.5. The van der Waals surface area contributed by atoms with Crippen LogP contribution >= 0.6 is 22.9 Å². The molecule has 5 nitrogen and oxygen atoms in total. The summed E-state index contributed by atoms with van der Waals surface area (Å²) in [4.78, 5) is 31.1. The number of aryl methyl sites for hydroxylation is 2. The minimum atomic E-state index is -0.821. The van der Waals surface area contributed by atoms with Gasteiger partial charge in [0.05, 0.1) is 11.7 Å². The van der Waals surface area contributed by atoms with Crippen LogP contribution in [0.25, 0.3) is 21.3 Å². The van der Waals surface area contributed by atoms with Crippen LogP contribution in [0.15, 0.2) is 59.0 Å². The molecule has 4 aromatic rings. The molecule has 0 aliphatic carbocycles. The Kier molecular flexibility index (Phi) is 5.94. The molecule has 4 rings (SSSR count). The zero-order chi connectivity index (χ0) is 22.1. The van der Waals surface area contributed by atoms with Crippen molar-refractivity contribution in [1.29, 1.82) is 0 Å². The SMILES string of the molecule is Cc1ccc(-c2csc3ncn(C(C)C(=O)OCc4ccccc4Cl)c(=O)c23)c(C)c1. The van der Waals surface area contributed by atoms with Gasteiger partial charge in [-0.25, -0.2) is 9.78 Å². The van der Waals surface area contributed by atoms with E-state index in [0.29, 0.717) is 20.8 Å². The number of esters is 1. The normalized spacial score (nSPS) is 12.1. The van der Waals surface area contributed by atoms with Gasteiger partial charge in [0, 0.05) is 21.5 Å². The topological polar surface area (TPSA) is 61.2 Å². The lowest BCUT2D eigenvalue weighted by atomic mass is 9.99.